The molecule has 0 unspecified atom stereocenters. The Labute approximate surface area is 204 Å². The second kappa shape index (κ2) is 9.48. The van der Waals surface area contributed by atoms with Gasteiger partial charge in [-0.1, -0.05) is 18.7 Å². The summed E-state index contributed by atoms with van der Waals surface area (Å²) in [5.74, 6) is 0. The lowest BCUT2D eigenvalue weighted by Crippen LogP contribution is -2.10. The summed E-state index contributed by atoms with van der Waals surface area (Å²) in [4.78, 5) is 18.9. The topological polar surface area (TPSA) is 86.4 Å². The number of nitrogens with one attached hydrogen (secondary N) is 2. The molecule has 0 aliphatic carbocycles. The van der Waals surface area contributed by atoms with Crippen LogP contribution in [0.2, 0.25) is 0 Å². The number of pyridine rings is 3. The third-order valence-corrected chi connectivity index (χ3v) is 5.87. The minimum absolute atomic E-state index is 0.822. The Morgan fingerprint density at radius 2 is 1.89 bits per heavy atom. The number of rotatable bonds is 7. The molecule has 0 aliphatic rings. The molecule has 7 heteroatoms. The molecule has 2 N–H and O–H groups in total. The second-order valence-corrected chi connectivity index (χ2v) is 8.78. The summed E-state index contributed by atoms with van der Waals surface area (Å²) >= 11 is 0. The van der Waals surface area contributed by atoms with Crippen LogP contribution >= 0.6 is 0 Å². The summed E-state index contributed by atoms with van der Waals surface area (Å²) in [5.41, 5.74) is 9.96. The predicted octanol–water partition coefficient (Wildman–Crippen LogP) is 5.40. The molecule has 0 bridgehead atoms. The highest BCUT2D eigenvalue weighted by Crippen LogP contribution is 2.33. The molecule has 174 valence electrons. The van der Waals surface area contributed by atoms with E-state index >= 15 is 0 Å². The van der Waals surface area contributed by atoms with Crippen molar-refractivity contribution in [2.75, 3.05) is 14.1 Å². The monoisotopic (exact) mass is 461 g/mol. The number of aromatic nitrogens is 6. The summed E-state index contributed by atoms with van der Waals surface area (Å²) in [6.07, 6.45) is 13.0. The fourth-order valence-electron chi connectivity index (χ4n) is 4.32. The van der Waals surface area contributed by atoms with Crippen molar-refractivity contribution >= 4 is 16.5 Å². The van der Waals surface area contributed by atoms with Crippen molar-refractivity contribution in [3.05, 3.63) is 102 Å². The van der Waals surface area contributed by atoms with Gasteiger partial charge < -0.3 is 9.88 Å². The molecule has 0 atom stereocenters. The second-order valence-electron chi connectivity index (χ2n) is 8.78. The van der Waals surface area contributed by atoms with Crippen LogP contribution < -0.4 is 0 Å². The minimum atomic E-state index is 0.822. The van der Waals surface area contributed by atoms with E-state index in [9.17, 15) is 0 Å². The Hall–Kier alpha value is -4.36. The van der Waals surface area contributed by atoms with Gasteiger partial charge in [0.1, 0.15) is 5.69 Å². The lowest BCUT2D eigenvalue weighted by atomic mass is 9.98. The average Bonchev–Trinajstić information content (AvgIpc) is 3.45. The zero-order valence-electron chi connectivity index (χ0n) is 20.1. The van der Waals surface area contributed by atoms with Crippen LogP contribution in [0.3, 0.4) is 0 Å². The van der Waals surface area contributed by atoms with E-state index < -0.39 is 0 Å². The molecule has 5 aromatic rings. The molecular formula is C28H27N7. The van der Waals surface area contributed by atoms with E-state index in [1.54, 1.807) is 12.4 Å². The maximum Gasteiger partial charge on any atom is 0.116 e. The van der Waals surface area contributed by atoms with Crippen LogP contribution in [0.25, 0.3) is 39.1 Å². The van der Waals surface area contributed by atoms with Crippen LogP contribution in [-0.2, 0) is 6.54 Å². The molecule has 0 aliphatic heterocycles. The molecule has 35 heavy (non-hydrogen) atoms. The van der Waals surface area contributed by atoms with Crippen LogP contribution in [0.1, 0.15) is 22.4 Å². The standard InChI is InChI=1S/C28H27N7/c1-5-6-22(20-7-9-29-10-8-20)23-12-26(32-18(23)2)28-24-13-25(31-16-27(24)33-34-28)21-11-19(14-30-15-21)17-35(3)4/h5-16,32H,1,17H2,2-4H3,(H,33,34)/b22-6-. The van der Waals surface area contributed by atoms with E-state index in [1.807, 2.05) is 57.0 Å². The van der Waals surface area contributed by atoms with Crippen molar-refractivity contribution < 1.29 is 0 Å². The van der Waals surface area contributed by atoms with Gasteiger partial charge in [0, 0.05) is 53.5 Å². The lowest BCUT2D eigenvalue weighted by molar-refractivity contribution is 0.402. The van der Waals surface area contributed by atoms with Crippen molar-refractivity contribution in [1.29, 1.82) is 0 Å². The molecule has 0 saturated carbocycles. The normalized spacial score (nSPS) is 11.9. The van der Waals surface area contributed by atoms with E-state index in [2.05, 4.69) is 66.7 Å². The Bertz CT molecular complexity index is 1520. The molecule has 0 aromatic carbocycles. The van der Waals surface area contributed by atoms with Gasteiger partial charge in [-0.2, -0.15) is 5.10 Å². The van der Waals surface area contributed by atoms with Crippen LogP contribution in [0.15, 0.2) is 80.0 Å². The summed E-state index contributed by atoms with van der Waals surface area (Å²) in [5, 5.41) is 8.74. The summed E-state index contributed by atoms with van der Waals surface area (Å²) in [7, 11) is 4.09. The molecule has 5 rings (SSSR count). The van der Waals surface area contributed by atoms with Crippen molar-refractivity contribution in [3.63, 3.8) is 0 Å². The maximum atomic E-state index is 4.66. The van der Waals surface area contributed by atoms with Crippen molar-refractivity contribution in [1.82, 2.24) is 35.0 Å². The van der Waals surface area contributed by atoms with Crippen molar-refractivity contribution in [2.24, 2.45) is 0 Å². The quantitative estimate of drug-likeness (QED) is 0.317. The Morgan fingerprint density at radius 1 is 1.06 bits per heavy atom. The number of nitrogens with zero attached hydrogens (tertiary/aromatic N) is 5. The van der Waals surface area contributed by atoms with Gasteiger partial charge in [0.15, 0.2) is 0 Å². The predicted molar refractivity (Wildman–Crippen MR) is 141 cm³/mol. The Balaban J connectivity index is 1.57. The fraction of sp³-hybridized carbons (Fsp3) is 0.143. The molecule has 7 nitrogen and oxygen atoms in total. The average molecular weight is 462 g/mol. The van der Waals surface area contributed by atoms with Gasteiger partial charge in [0.05, 0.1) is 23.1 Å². The number of H-pyrrole nitrogens is 2. The summed E-state index contributed by atoms with van der Waals surface area (Å²) in [6.45, 7) is 6.80. The number of aromatic amines is 2. The van der Waals surface area contributed by atoms with Gasteiger partial charge in [-0.05, 0) is 68.1 Å². The van der Waals surface area contributed by atoms with Crippen LogP contribution in [0.5, 0.6) is 0 Å². The van der Waals surface area contributed by atoms with Gasteiger partial charge in [0.25, 0.3) is 0 Å². The highest BCUT2D eigenvalue weighted by Gasteiger charge is 2.17. The Morgan fingerprint density at radius 3 is 2.66 bits per heavy atom. The largest absolute Gasteiger partial charge is 0.357 e. The number of hydrogen-bond acceptors (Lipinski definition) is 5. The zero-order valence-corrected chi connectivity index (χ0v) is 20.1. The van der Waals surface area contributed by atoms with E-state index in [-0.39, 0.29) is 0 Å². The molecule has 5 aromatic heterocycles. The van der Waals surface area contributed by atoms with Gasteiger partial charge in [-0.15, -0.1) is 0 Å². The first-order chi connectivity index (χ1) is 17.0. The maximum absolute atomic E-state index is 4.66. The molecular weight excluding hydrogens is 434 g/mol. The molecule has 5 heterocycles. The Kier molecular flexibility index (Phi) is 6.08. The number of aryl methyl sites for hydroxylation is 1. The number of allylic oxidation sites excluding steroid dienone is 2. The van der Waals surface area contributed by atoms with E-state index in [4.69, 9.17) is 0 Å². The van der Waals surface area contributed by atoms with Gasteiger partial charge >= 0.3 is 0 Å². The molecule has 0 fully saturated rings. The SMILES string of the molecule is C=C/C=C(/c1ccncc1)c1cc(-c2n[nH]c3cnc(-c4cncc(CN(C)C)c4)cc23)[nH]c1C. The highest BCUT2D eigenvalue weighted by atomic mass is 15.1. The van der Waals surface area contributed by atoms with E-state index in [1.165, 1.54) is 0 Å². The zero-order chi connectivity index (χ0) is 24.4. The van der Waals surface area contributed by atoms with E-state index in [0.717, 1.165) is 68.1 Å². The first-order valence-electron chi connectivity index (χ1n) is 11.4. The third kappa shape index (κ3) is 4.54. The molecule has 0 radical (unpaired) electrons. The van der Waals surface area contributed by atoms with Gasteiger partial charge in [-0.25, -0.2) is 0 Å². The first-order valence-corrected chi connectivity index (χ1v) is 11.4. The van der Waals surface area contributed by atoms with Crippen molar-refractivity contribution in [2.45, 2.75) is 13.5 Å². The smallest absolute Gasteiger partial charge is 0.116 e. The molecule has 0 amide bonds. The van der Waals surface area contributed by atoms with E-state index in [0.29, 0.717) is 0 Å². The van der Waals surface area contributed by atoms with Gasteiger partial charge in [-0.3, -0.25) is 20.1 Å². The summed E-state index contributed by atoms with van der Waals surface area (Å²) in [6, 6.07) is 10.4. The minimum Gasteiger partial charge on any atom is -0.357 e. The summed E-state index contributed by atoms with van der Waals surface area (Å²) < 4.78 is 0. The lowest BCUT2D eigenvalue weighted by Gasteiger charge is -2.10. The fourth-order valence-corrected chi connectivity index (χ4v) is 4.32. The molecule has 0 spiro atoms. The van der Waals surface area contributed by atoms with Crippen LogP contribution in [-0.4, -0.2) is 49.1 Å². The third-order valence-electron chi connectivity index (χ3n) is 5.87. The highest BCUT2D eigenvalue weighted by molar-refractivity contribution is 5.95. The van der Waals surface area contributed by atoms with Gasteiger partial charge in [0.2, 0.25) is 0 Å². The van der Waals surface area contributed by atoms with Crippen LogP contribution in [0, 0.1) is 6.92 Å². The first kappa shape index (κ1) is 22.4. The number of fused-ring (bicyclic) bond motifs is 1. The number of hydrogen-bond donors (Lipinski definition) is 2. The van der Waals surface area contributed by atoms with Crippen molar-refractivity contribution in [3.8, 4) is 22.6 Å². The van der Waals surface area contributed by atoms with Crippen LogP contribution in [0.4, 0.5) is 0 Å². The molecule has 0 saturated heterocycles.